The monoisotopic (exact) mass is 246 g/mol. The van der Waals surface area contributed by atoms with Crippen LogP contribution in [-0.4, -0.2) is 42.1 Å². The van der Waals surface area contributed by atoms with Gasteiger partial charge in [-0.15, -0.1) is 0 Å². The molecule has 18 heavy (non-hydrogen) atoms. The van der Waals surface area contributed by atoms with Crippen LogP contribution >= 0.6 is 0 Å². The summed E-state index contributed by atoms with van der Waals surface area (Å²) in [5.74, 6) is 0. The summed E-state index contributed by atoms with van der Waals surface area (Å²) in [5, 5.41) is 0. The Balaban J connectivity index is 1.71. The Bertz CT molecular complexity index is 401. The third kappa shape index (κ3) is 2.22. The SMILES string of the molecule is NCc1ccncc1N1CCC(N2CCCC2)C1. The molecular formula is C14H22N4. The molecule has 0 saturated carbocycles. The van der Waals surface area contributed by atoms with Gasteiger partial charge >= 0.3 is 0 Å². The van der Waals surface area contributed by atoms with E-state index in [2.05, 4.69) is 14.8 Å². The van der Waals surface area contributed by atoms with E-state index in [-0.39, 0.29) is 0 Å². The number of nitrogens with zero attached hydrogens (tertiary/aromatic N) is 3. The highest BCUT2D eigenvalue weighted by molar-refractivity contribution is 5.52. The van der Waals surface area contributed by atoms with Crippen LogP contribution in [0.4, 0.5) is 5.69 Å². The Morgan fingerprint density at radius 1 is 1.28 bits per heavy atom. The molecule has 0 aliphatic carbocycles. The minimum atomic E-state index is 0.600. The summed E-state index contributed by atoms with van der Waals surface area (Å²) in [6, 6.07) is 2.77. The third-order valence-corrected chi connectivity index (χ3v) is 4.27. The first-order valence-electron chi connectivity index (χ1n) is 7.00. The lowest BCUT2D eigenvalue weighted by atomic mass is 10.2. The average molecular weight is 246 g/mol. The van der Waals surface area contributed by atoms with Gasteiger partial charge in [-0.1, -0.05) is 0 Å². The van der Waals surface area contributed by atoms with Crippen LogP contribution in [0.2, 0.25) is 0 Å². The molecule has 2 saturated heterocycles. The summed E-state index contributed by atoms with van der Waals surface area (Å²) in [4.78, 5) is 9.36. The van der Waals surface area contributed by atoms with Crippen molar-refractivity contribution in [1.82, 2.24) is 9.88 Å². The standard InChI is InChI=1S/C14H22N4/c15-9-12-3-5-16-10-14(12)18-8-4-13(11-18)17-6-1-2-7-17/h3,5,10,13H,1-2,4,6-9,11,15H2. The Morgan fingerprint density at radius 3 is 2.89 bits per heavy atom. The molecule has 2 aliphatic heterocycles. The molecule has 98 valence electrons. The molecule has 0 spiro atoms. The van der Waals surface area contributed by atoms with Crippen LogP contribution in [0.25, 0.3) is 0 Å². The Morgan fingerprint density at radius 2 is 2.11 bits per heavy atom. The van der Waals surface area contributed by atoms with Gasteiger partial charge in [-0.2, -0.15) is 0 Å². The van der Waals surface area contributed by atoms with Crippen molar-refractivity contribution in [2.45, 2.75) is 31.8 Å². The number of anilines is 1. The first kappa shape index (κ1) is 11.9. The zero-order valence-corrected chi connectivity index (χ0v) is 10.9. The van der Waals surface area contributed by atoms with Crippen molar-refractivity contribution in [2.24, 2.45) is 5.73 Å². The van der Waals surface area contributed by atoms with Crippen LogP contribution in [0.5, 0.6) is 0 Å². The number of hydrogen-bond acceptors (Lipinski definition) is 4. The predicted molar refractivity (Wildman–Crippen MR) is 73.6 cm³/mol. The second-order valence-corrected chi connectivity index (χ2v) is 5.34. The van der Waals surface area contributed by atoms with Gasteiger partial charge in [-0.3, -0.25) is 9.88 Å². The number of likely N-dealkylation sites (tertiary alicyclic amines) is 1. The number of rotatable bonds is 3. The highest BCUT2D eigenvalue weighted by atomic mass is 15.3. The zero-order valence-electron chi connectivity index (χ0n) is 10.9. The van der Waals surface area contributed by atoms with Gasteiger partial charge in [0.25, 0.3) is 0 Å². The van der Waals surface area contributed by atoms with E-state index in [4.69, 9.17) is 5.73 Å². The molecule has 1 unspecified atom stereocenters. The van der Waals surface area contributed by atoms with E-state index in [1.807, 2.05) is 18.5 Å². The summed E-state index contributed by atoms with van der Waals surface area (Å²) in [6.07, 6.45) is 7.82. The number of pyridine rings is 1. The molecular weight excluding hydrogens is 224 g/mol. The van der Waals surface area contributed by atoms with Gasteiger partial charge < -0.3 is 10.6 Å². The topological polar surface area (TPSA) is 45.4 Å². The van der Waals surface area contributed by atoms with Crippen molar-refractivity contribution >= 4 is 5.69 Å². The van der Waals surface area contributed by atoms with Gasteiger partial charge in [0, 0.05) is 31.9 Å². The second-order valence-electron chi connectivity index (χ2n) is 5.34. The van der Waals surface area contributed by atoms with Crippen LogP contribution < -0.4 is 10.6 Å². The van der Waals surface area contributed by atoms with E-state index in [9.17, 15) is 0 Å². The highest BCUT2D eigenvalue weighted by Gasteiger charge is 2.29. The summed E-state index contributed by atoms with van der Waals surface area (Å²) in [7, 11) is 0. The van der Waals surface area contributed by atoms with Gasteiger partial charge in [0.2, 0.25) is 0 Å². The average Bonchev–Trinajstić information content (AvgIpc) is 3.09. The van der Waals surface area contributed by atoms with Gasteiger partial charge in [0.1, 0.15) is 0 Å². The summed E-state index contributed by atoms with van der Waals surface area (Å²) in [6.45, 7) is 5.45. The fourth-order valence-corrected chi connectivity index (χ4v) is 3.24. The summed E-state index contributed by atoms with van der Waals surface area (Å²) in [5.41, 5.74) is 8.26. The first-order chi connectivity index (χ1) is 8.88. The molecule has 0 aromatic carbocycles. The minimum absolute atomic E-state index is 0.600. The van der Waals surface area contributed by atoms with Gasteiger partial charge in [0.05, 0.1) is 11.9 Å². The van der Waals surface area contributed by atoms with Gasteiger partial charge in [-0.05, 0) is 44.0 Å². The largest absolute Gasteiger partial charge is 0.368 e. The zero-order chi connectivity index (χ0) is 12.4. The lowest BCUT2D eigenvalue weighted by Crippen LogP contribution is -2.35. The maximum Gasteiger partial charge on any atom is 0.0598 e. The van der Waals surface area contributed by atoms with Crippen molar-refractivity contribution in [3.8, 4) is 0 Å². The molecule has 4 nitrogen and oxygen atoms in total. The fourth-order valence-electron chi connectivity index (χ4n) is 3.24. The van der Waals surface area contributed by atoms with E-state index in [0.29, 0.717) is 6.54 Å². The van der Waals surface area contributed by atoms with E-state index >= 15 is 0 Å². The molecule has 0 radical (unpaired) electrons. The quantitative estimate of drug-likeness (QED) is 0.871. The van der Waals surface area contributed by atoms with Crippen molar-refractivity contribution in [3.63, 3.8) is 0 Å². The van der Waals surface area contributed by atoms with Crippen molar-refractivity contribution in [2.75, 3.05) is 31.1 Å². The molecule has 1 atom stereocenters. The van der Waals surface area contributed by atoms with Gasteiger partial charge in [0.15, 0.2) is 0 Å². The first-order valence-corrected chi connectivity index (χ1v) is 7.00. The molecule has 2 N–H and O–H groups in total. The molecule has 1 aromatic heterocycles. The molecule has 0 amide bonds. The van der Waals surface area contributed by atoms with Crippen molar-refractivity contribution < 1.29 is 0 Å². The molecule has 0 bridgehead atoms. The Labute approximate surface area is 109 Å². The Kier molecular flexibility index (Phi) is 3.48. The second kappa shape index (κ2) is 5.24. The van der Waals surface area contributed by atoms with E-state index in [1.165, 1.54) is 43.6 Å². The third-order valence-electron chi connectivity index (χ3n) is 4.27. The molecule has 2 fully saturated rings. The molecule has 1 aromatic rings. The minimum Gasteiger partial charge on any atom is -0.368 e. The number of hydrogen-bond donors (Lipinski definition) is 1. The normalized spacial score (nSPS) is 24.9. The lowest BCUT2D eigenvalue weighted by molar-refractivity contribution is 0.260. The predicted octanol–water partition coefficient (Wildman–Crippen LogP) is 1.21. The van der Waals surface area contributed by atoms with E-state index < -0.39 is 0 Å². The van der Waals surface area contributed by atoms with Crippen molar-refractivity contribution in [3.05, 3.63) is 24.0 Å². The highest BCUT2D eigenvalue weighted by Crippen LogP contribution is 2.27. The van der Waals surface area contributed by atoms with Crippen LogP contribution in [0.3, 0.4) is 0 Å². The smallest absolute Gasteiger partial charge is 0.0598 e. The van der Waals surface area contributed by atoms with E-state index in [1.54, 1.807) is 0 Å². The molecule has 2 aliphatic rings. The summed E-state index contributed by atoms with van der Waals surface area (Å²) < 4.78 is 0. The Hall–Kier alpha value is -1.13. The number of aromatic nitrogens is 1. The lowest BCUT2D eigenvalue weighted by Gasteiger charge is -2.25. The number of nitrogens with two attached hydrogens (primary N) is 1. The molecule has 3 heterocycles. The van der Waals surface area contributed by atoms with Crippen LogP contribution in [0.1, 0.15) is 24.8 Å². The fraction of sp³-hybridized carbons (Fsp3) is 0.643. The summed E-state index contributed by atoms with van der Waals surface area (Å²) >= 11 is 0. The maximum absolute atomic E-state index is 5.81. The van der Waals surface area contributed by atoms with Crippen LogP contribution in [0.15, 0.2) is 18.5 Å². The molecule has 4 heteroatoms. The van der Waals surface area contributed by atoms with E-state index in [0.717, 1.165) is 19.1 Å². The van der Waals surface area contributed by atoms with Crippen molar-refractivity contribution in [1.29, 1.82) is 0 Å². The van der Waals surface area contributed by atoms with Crippen LogP contribution in [-0.2, 0) is 6.54 Å². The molecule has 3 rings (SSSR count). The van der Waals surface area contributed by atoms with Gasteiger partial charge in [-0.25, -0.2) is 0 Å². The van der Waals surface area contributed by atoms with Crippen LogP contribution in [0, 0.1) is 0 Å². The maximum atomic E-state index is 5.81.